The maximum Gasteiger partial charge on any atom is 0.251 e. The molecular formula is C22H26N2O4. The van der Waals surface area contributed by atoms with Crippen molar-refractivity contribution in [2.75, 3.05) is 13.2 Å². The minimum Gasteiger partial charge on any atom is -0.486 e. The average Bonchev–Trinajstić information content (AvgIpc) is 2.70. The second-order valence-corrected chi connectivity index (χ2v) is 7.26. The number of nitrogens with one attached hydrogen (secondary N) is 2. The number of hydrogen-bond donors (Lipinski definition) is 2. The van der Waals surface area contributed by atoms with E-state index in [2.05, 4.69) is 10.6 Å². The van der Waals surface area contributed by atoms with Crippen molar-refractivity contribution in [1.82, 2.24) is 10.6 Å². The van der Waals surface area contributed by atoms with E-state index in [-0.39, 0.29) is 17.7 Å². The molecule has 3 rings (SSSR count). The van der Waals surface area contributed by atoms with Crippen molar-refractivity contribution in [2.45, 2.75) is 33.4 Å². The Morgan fingerprint density at radius 2 is 1.68 bits per heavy atom. The molecule has 0 fully saturated rings. The van der Waals surface area contributed by atoms with Crippen LogP contribution in [0.15, 0.2) is 42.5 Å². The van der Waals surface area contributed by atoms with Gasteiger partial charge >= 0.3 is 0 Å². The van der Waals surface area contributed by atoms with Gasteiger partial charge < -0.3 is 20.1 Å². The van der Waals surface area contributed by atoms with E-state index in [0.717, 1.165) is 11.1 Å². The molecule has 2 aromatic carbocycles. The first-order valence-corrected chi connectivity index (χ1v) is 9.48. The normalized spacial score (nSPS) is 13.7. The summed E-state index contributed by atoms with van der Waals surface area (Å²) in [6.45, 7) is 7.18. The van der Waals surface area contributed by atoms with Crippen molar-refractivity contribution >= 4 is 11.8 Å². The van der Waals surface area contributed by atoms with Crippen LogP contribution < -0.4 is 20.1 Å². The maximum atomic E-state index is 12.7. The van der Waals surface area contributed by atoms with Gasteiger partial charge in [0.25, 0.3) is 5.91 Å². The molecule has 0 aliphatic carbocycles. The highest BCUT2D eigenvalue weighted by molar-refractivity contribution is 5.97. The molecule has 1 unspecified atom stereocenters. The van der Waals surface area contributed by atoms with E-state index in [1.165, 1.54) is 0 Å². The minimum absolute atomic E-state index is 0.0466. The van der Waals surface area contributed by atoms with E-state index in [0.29, 0.717) is 36.8 Å². The molecule has 0 radical (unpaired) electrons. The molecular weight excluding hydrogens is 356 g/mol. The lowest BCUT2D eigenvalue weighted by molar-refractivity contribution is -0.124. The van der Waals surface area contributed by atoms with Gasteiger partial charge in [-0.2, -0.15) is 0 Å². The number of carbonyl (C=O) groups is 2. The summed E-state index contributed by atoms with van der Waals surface area (Å²) in [7, 11) is 0. The smallest absolute Gasteiger partial charge is 0.251 e. The van der Waals surface area contributed by atoms with Crippen LogP contribution in [0, 0.1) is 12.8 Å². The van der Waals surface area contributed by atoms with E-state index < -0.39 is 6.04 Å². The fourth-order valence-electron chi connectivity index (χ4n) is 2.96. The van der Waals surface area contributed by atoms with Gasteiger partial charge in [0.15, 0.2) is 11.5 Å². The summed E-state index contributed by atoms with van der Waals surface area (Å²) in [6, 6.07) is 12.3. The van der Waals surface area contributed by atoms with E-state index in [9.17, 15) is 9.59 Å². The molecule has 28 heavy (non-hydrogen) atoms. The second kappa shape index (κ2) is 8.78. The van der Waals surface area contributed by atoms with Gasteiger partial charge in [-0.3, -0.25) is 9.59 Å². The van der Waals surface area contributed by atoms with Gasteiger partial charge in [-0.1, -0.05) is 37.6 Å². The van der Waals surface area contributed by atoms with Crippen LogP contribution in [0.5, 0.6) is 11.5 Å². The van der Waals surface area contributed by atoms with Crippen molar-refractivity contribution in [3.8, 4) is 11.5 Å². The summed E-state index contributed by atoms with van der Waals surface area (Å²) >= 11 is 0. The Hall–Kier alpha value is -3.02. The maximum absolute atomic E-state index is 12.7. The van der Waals surface area contributed by atoms with Gasteiger partial charge in [0.1, 0.15) is 19.3 Å². The van der Waals surface area contributed by atoms with Crippen LogP contribution >= 0.6 is 0 Å². The first kappa shape index (κ1) is 19.7. The van der Waals surface area contributed by atoms with Crippen molar-refractivity contribution in [3.63, 3.8) is 0 Å². The molecule has 1 aliphatic heterocycles. The Balaban J connectivity index is 1.61. The summed E-state index contributed by atoms with van der Waals surface area (Å²) in [6.07, 6.45) is 0. The number of hydrogen-bond acceptors (Lipinski definition) is 4. The third-order valence-electron chi connectivity index (χ3n) is 4.62. The molecule has 0 aromatic heterocycles. The summed E-state index contributed by atoms with van der Waals surface area (Å²) in [4.78, 5) is 25.2. The van der Waals surface area contributed by atoms with Crippen molar-refractivity contribution < 1.29 is 19.1 Å². The van der Waals surface area contributed by atoms with E-state index in [1.807, 2.05) is 51.1 Å². The zero-order valence-corrected chi connectivity index (χ0v) is 16.5. The Morgan fingerprint density at radius 1 is 1.00 bits per heavy atom. The van der Waals surface area contributed by atoms with Gasteiger partial charge in [0.05, 0.1) is 0 Å². The monoisotopic (exact) mass is 382 g/mol. The van der Waals surface area contributed by atoms with Gasteiger partial charge in [0.2, 0.25) is 5.91 Å². The predicted molar refractivity (Wildman–Crippen MR) is 107 cm³/mol. The highest BCUT2D eigenvalue weighted by Gasteiger charge is 2.24. The van der Waals surface area contributed by atoms with E-state index in [4.69, 9.17) is 9.47 Å². The minimum atomic E-state index is -0.619. The van der Waals surface area contributed by atoms with Crippen molar-refractivity contribution in [1.29, 1.82) is 0 Å². The summed E-state index contributed by atoms with van der Waals surface area (Å²) in [5.41, 5.74) is 2.52. The third-order valence-corrected chi connectivity index (χ3v) is 4.62. The SMILES string of the molecule is Cc1ccc(C(=O)NC(C(=O)NCc2ccc3c(c2)OCCO3)C(C)C)cc1. The number of ether oxygens (including phenoxy) is 2. The molecule has 1 aliphatic rings. The lowest BCUT2D eigenvalue weighted by Crippen LogP contribution is -2.49. The molecule has 0 saturated heterocycles. The molecule has 2 aromatic rings. The van der Waals surface area contributed by atoms with Crippen LogP contribution in [0.1, 0.15) is 35.3 Å². The summed E-state index contributed by atoms with van der Waals surface area (Å²) in [5, 5.41) is 5.75. The topological polar surface area (TPSA) is 76.7 Å². The number of aryl methyl sites for hydroxylation is 1. The van der Waals surface area contributed by atoms with Crippen molar-refractivity contribution in [2.24, 2.45) is 5.92 Å². The first-order valence-electron chi connectivity index (χ1n) is 9.48. The fraction of sp³-hybridized carbons (Fsp3) is 0.364. The standard InChI is InChI=1S/C22H26N2O4/c1-14(2)20(24-21(25)17-7-4-15(3)5-8-17)22(26)23-13-16-6-9-18-19(12-16)28-11-10-27-18/h4-9,12,14,20H,10-11,13H2,1-3H3,(H,23,26)(H,24,25). The molecule has 6 heteroatoms. The predicted octanol–water partition coefficient (Wildman–Crippen LogP) is 2.84. The second-order valence-electron chi connectivity index (χ2n) is 7.26. The highest BCUT2D eigenvalue weighted by Crippen LogP contribution is 2.30. The molecule has 0 bridgehead atoms. The van der Waals surface area contributed by atoms with Crippen LogP contribution in [-0.2, 0) is 11.3 Å². The fourth-order valence-corrected chi connectivity index (χ4v) is 2.96. The number of carbonyl (C=O) groups excluding carboxylic acids is 2. The van der Waals surface area contributed by atoms with Gasteiger partial charge in [-0.15, -0.1) is 0 Å². The zero-order valence-electron chi connectivity index (χ0n) is 16.5. The molecule has 2 amide bonds. The summed E-state index contributed by atoms with van der Waals surface area (Å²) in [5.74, 6) is 0.881. The Morgan fingerprint density at radius 3 is 2.36 bits per heavy atom. The van der Waals surface area contributed by atoms with Crippen LogP contribution in [0.3, 0.4) is 0 Å². The first-order chi connectivity index (χ1) is 13.4. The van der Waals surface area contributed by atoms with Gasteiger partial charge in [0, 0.05) is 12.1 Å². The number of benzene rings is 2. The Bertz CT molecular complexity index is 846. The number of amides is 2. The third kappa shape index (κ3) is 4.82. The van der Waals surface area contributed by atoms with Crippen molar-refractivity contribution in [3.05, 3.63) is 59.2 Å². The average molecular weight is 382 g/mol. The number of rotatable bonds is 6. The Labute approximate surface area is 165 Å². The molecule has 2 N–H and O–H groups in total. The van der Waals surface area contributed by atoms with Gasteiger partial charge in [-0.25, -0.2) is 0 Å². The molecule has 1 heterocycles. The highest BCUT2D eigenvalue weighted by atomic mass is 16.6. The molecule has 0 spiro atoms. The largest absolute Gasteiger partial charge is 0.486 e. The summed E-state index contributed by atoms with van der Waals surface area (Å²) < 4.78 is 11.1. The van der Waals surface area contributed by atoms with E-state index >= 15 is 0 Å². The molecule has 6 nitrogen and oxygen atoms in total. The lowest BCUT2D eigenvalue weighted by atomic mass is 10.0. The lowest BCUT2D eigenvalue weighted by Gasteiger charge is -2.22. The zero-order chi connectivity index (χ0) is 20.1. The van der Waals surface area contributed by atoms with Gasteiger partial charge in [-0.05, 0) is 42.7 Å². The van der Waals surface area contributed by atoms with Crippen LogP contribution in [0.4, 0.5) is 0 Å². The van der Waals surface area contributed by atoms with Crippen LogP contribution in [0.2, 0.25) is 0 Å². The van der Waals surface area contributed by atoms with Crippen LogP contribution in [0.25, 0.3) is 0 Å². The molecule has 1 atom stereocenters. The number of fused-ring (bicyclic) bond motifs is 1. The molecule has 148 valence electrons. The van der Waals surface area contributed by atoms with Crippen LogP contribution in [-0.4, -0.2) is 31.1 Å². The molecule has 0 saturated carbocycles. The van der Waals surface area contributed by atoms with E-state index in [1.54, 1.807) is 12.1 Å². The Kier molecular flexibility index (Phi) is 6.19. The quantitative estimate of drug-likeness (QED) is 0.805.